The van der Waals surface area contributed by atoms with Crippen LogP contribution in [-0.4, -0.2) is 16.8 Å². The van der Waals surface area contributed by atoms with Gasteiger partial charge in [-0.25, -0.2) is 0 Å². The number of pyridine rings is 1. The fourth-order valence-corrected chi connectivity index (χ4v) is 2.81. The molecular weight excluding hydrogens is 326 g/mol. The molecule has 0 bridgehead atoms. The van der Waals surface area contributed by atoms with Crippen molar-refractivity contribution in [1.82, 2.24) is 4.98 Å². The average molecular weight is 347 g/mol. The summed E-state index contributed by atoms with van der Waals surface area (Å²) in [5, 5.41) is 6.26. The van der Waals surface area contributed by atoms with Crippen molar-refractivity contribution in [2.24, 2.45) is 0 Å². The number of benzene rings is 2. The largest absolute Gasteiger partial charge is 0.318 e. The molecule has 0 aliphatic heterocycles. The molecule has 2 aromatic carbocycles. The monoisotopic (exact) mass is 347 g/mol. The van der Waals surface area contributed by atoms with Gasteiger partial charge in [-0.1, -0.05) is 57.2 Å². The first-order chi connectivity index (χ1) is 12.4. The summed E-state index contributed by atoms with van der Waals surface area (Å²) in [5.41, 5.74) is 2.60. The van der Waals surface area contributed by atoms with Crippen LogP contribution in [0, 0.1) is 0 Å². The fraction of sp³-hybridized carbons (Fsp3) is 0.190. The molecule has 0 saturated carbocycles. The Morgan fingerprint density at radius 3 is 2.15 bits per heavy atom. The number of rotatable bonds is 2. The minimum atomic E-state index is -0.730. The SMILES string of the molecule is CC(C)(C)c1ccccc1NC(=O)C(=O)Nc1cccc2cccnc12. The highest BCUT2D eigenvalue weighted by molar-refractivity contribution is 6.44. The lowest BCUT2D eigenvalue weighted by atomic mass is 9.86. The third-order valence-electron chi connectivity index (χ3n) is 4.07. The van der Waals surface area contributed by atoms with Crippen LogP contribution in [0.5, 0.6) is 0 Å². The van der Waals surface area contributed by atoms with Gasteiger partial charge in [0.05, 0.1) is 11.2 Å². The van der Waals surface area contributed by atoms with Gasteiger partial charge >= 0.3 is 11.8 Å². The number of anilines is 2. The summed E-state index contributed by atoms with van der Waals surface area (Å²) in [6.45, 7) is 6.17. The lowest BCUT2D eigenvalue weighted by Crippen LogP contribution is -2.30. The van der Waals surface area contributed by atoms with Crippen molar-refractivity contribution in [1.29, 1.82) is 0 Å². The van der Waals surface area contributed by atoms with E-state index in [-0.39, 0.29) is 5.41 Å². The molecule has 0 fully saturated rings. The summed E-state index contributed by atoms with van der Waals surface area (Å²) in [4.78, 5) is 29.0. The van der Waals surface area contributed by atoms with Crippen LogP contribution in [0.25, 0.3) is 10.9 Å². The van der Waals surface area contributed by atoms with Crippen LogP contribution in [0.4, 0.5) is 11.4 Å². The Morgan fingerprint density at radius 2 is 1.42 bits per heavy atom. The number of hydrogen-bond acceptors (Lipinski definition) is 3. The van der Waals surface area contributed by atoms with E-state index in [4.69, 9.17) is 0 Å². The van der Waals surface area contributed by atoms with Crippen molar-refractivity contribution in [2.45, 2.75) is 26.2 Å². The van der Waals surface area contributed by atoms with Crippen LogP contribution >= 0.6 is 0 Å². The third-order valence-corrected chi connectivity index (χ3v) is 4.07. The van der Waals surface area contributed by atoms with Crippen molar-refractivity contribution in [3.8, 4) is 0 Å². The molecule has 5 nitrogen and oxygen atoms in total. The van der Waals surface area contributed by atoms with Crippen molar-refractivity contribution >= 4 is 34.1 Å². The van der Waals surface area contributed by atoms with Gasteiger partial charge < -0.3 is 10.6 Å². The molecule has 2 N–H and O–H groups in total. The molecule has 5 heteroatoms. The van der Waals surface area contributed by atoms with Gasteiger partial charge in [0.1, 0.15) is 0 Å². The summed E-state index contributed by atoms with van der Waals surface area (Å²) in [5.74, 6) is -1.44. The summed E-state index contributed by atoms with van der Waals surface area (Å²) in [7, 11) is 0. The van der Waals surface area contributed by atoms with Crippen LogP contribution in [-0.2, 0) is 15.0 Å². The van der Waals surface area contributed by atoms with Gasteiger partial charge in [0.2, 0.25) is 0 Å². The molecule has 0 aliphatic carbocycles. The molecule has 26 heavy (non-hydrogen) atoms. The summed E-state index contributed by atoms with van der Waals surface area (Å²) in [6.07, 6.45) is 1.65. The number of nitrogens with zero attached hydrogens (tertiary/aromatic N) is 1. The fourth-order valence-electron chi connectivity index (χ4n) is 2.81. The topological polar surface area (TPSA) is 71.1 Å². The molecule has 2 amide bonds. The molecule has 0 atom stereocenters. The van der Waals surface area contributed by atoms with Crippen LogP contribution in [0.15, 0.2) is 60.8 Å². The van der Waals surface area contributed by atoms with Crippen LogP contribution in [0.3, 0.4) is 0 Å². The standard InChI is InChI=1S/C21H21N3O2/c1-21(2,3)15-10-4-5-11-16(15)23-19(25)20(26)24-17-12-6-8-14-9-7-13-22-18(14)17/h4-13H,1-3H3,(H,23,25)(H,24,26). The van der Waals surface area contributed by atoms with E-state index in [1.54, 1.807) is 18.3 Å². The first-order valence-corrected chi connectivity index (χ1v) is 8.42. The molecule has 0 aliphatic rings. The highest BCUT2D eigenvalue weighted by atomic mass is 16.2. The van der Waals surface area contributed by atoms with Gasteiger partial charge in [-0.3, -0.25) is 14.6 Å². The van der Waals surface area contributed by atoms with Gasteiger partial charge in [-0.05, 0) is 29.2 Å². The Kier molecular flexibility index (Phi) is 4.71. The van der Waals surface area contributed by atoms with E-state index in [1.807, 2.05) is 42.5 Å². The van der Waals surface area contributed by atoms with E-state index in [0.29, 0.717) is 16.9 Å². The number of para-hydroxylation sites is 2. The zero-order valence-electron chi connectivity index (χ0n) is 15.0. The second-order valence-corrected chi connectivity index (χ2v) is 7.08. The predicted molar refractivity (Wildman–Crippen MR) is 104 cm³/mol. The smallest absolute Gasteiger partial charge is 0.314 e. The maximum absolute atomic E-state index is 12.4. The molecule has 0 radical (unpaired) electrons. The molecule has 3 aromatic rings. The third kappa shape index (κ3) is 3.72. The molecule has 1 heterocycles. The first-order valence-electron chi connectivity index (χ1n) is 8.42. The van der Waals surface area contributed by atoms with E-state index in [9.17, 15) is 9.59 Å². The van der Waals surface area contributed by atoms with Gasteiger partial charge in [0.15, 0.2) is 0 Å². The summed E-state index contributed by atoms with van der Waals surface area (Å²) in [6, 6.07) is 16.7. The van der Waals surface area contributed by atoms with E-state index in [2.05, 4.69) is 36.4 Å². The van der Waals surface area contributed by atoms with Crippen LogP contribution in [0.1, 0.15) is 26.3 Å². The lowest BCUT2D eigenvalue weighted by Gasteiger charge is -2.22. The second kappa shape index (κ2) is 6.96. The minimum absolute atomic E-state index is 0.153. The van der Waals surface area contributed by atoms with E-state index in [0.717, 1.165) is 10.9 Å². The maximum atomic E-state index is 12.4. The average Bonchev–Trinajstić information content (AvgIpc) is 2.61. The highest BCUT2D eigenvalue weighted by Crippen LogP contribution is 2.29. The lowest BCUT2D eigenvalue weighted by molar-refractivity contribution is -0.132. The number of amides is 2. The molecular formula is C21H21N3O2. The van der Waals surface area contributed by atoms with Gasteiger partial charge in [-0.15, -0.1) is 0 Å². The Morgan fingerprint density at radius 1 is 0.808 bits per heavy atom. The van der Waals surface area contributed by atoms with Gasteiger partial charge in [0, 0.05) is 17.3 Å². The van der Waals surface area contributed by atoms with E-state index < -0.39 is 11.8 Å². The van der Waals surface area contributed by atoms with E-state index in [1.165, 1.54) is 0 Å². The Bertz CT molecular complexity index is 969. The Hall–Kier alpha value is -3.21. The van der Waals surface area contributed by atoms with Crippen molar-refractivity contribution in [3.63, 3.8) is 0 Å². The Labute approximate surface area is 152 Å². The summed E-state index contributed by atoms with van der Waals surface area (Å²) < 4.78 is 0. The van der Waals surface area contributed by atoms with E-state index >= 15 is 0 Å². The van der Waals surface area contributed by atoms with Crippen molar-refractivity contribution < 1.29 is 9.59 Å². The molecule has 0 unspecified atom stereocenters. The molecule has 132 valence electrons. The quantitative estimate of drug-likeness (QED) is 0.685. The maximum Gasteiger partial charge on any atom is 0.314 e. The molecule has 1 aromatic heterocycles. The zero-order valence-corrected chi connectivity index (χ0v) is 15.0. The summed E-state index contributed by atoms with van der Waals surface area (Å²) >= 11 is 0. The number of aromatic nitrogens is 1. The van der Waals surface area contributed by atoms with Crippen molar-refractivity contribution in [2.75, 3.05) is 10.6 Å². The number of carbonyl (C=O) groups excluding carboxylic acids is 2. The Balaban J connectivity index is 1.80. The second-order valence-electron chi connectivity index (χ2n) is 7.08. The normalized spacial score (nSPS) is 11.2. The number of hydrogen-bond donors (Lipinski definition) is 2. The van der Waals surface area contributed by atoms with Crippen LogP contribution < -0.4 is 10.6 Å². The molecule has 0 spiro atoms. The van der Waals surface area contributed by atoms with Gasteiger partial charge in [-0.2, -0.15) is 0 Å². The molecule has 3 rings (SSSR count). The number of carbonyl (C=O) groups is 2. The highest BCUT2D eigenvalue weighted by Gasteiger charge is 2.21. The zero-order chi connectivity index (χ0) is 18.7. The predicted octanol–water partition coefficient (Wildman–Crippen LogP) is 4.11. The number of nitrogens with one attached hydrogen (secondary N) is 2. The minimum Gasteiger partial charge on any atom is -0.318 e. The van der Waals surface area contributed by atoms with Crippen molar-refractivity contribution in [3.05, 3.63) is 66.4 Å². The molecule has 0 saturated heterocycles. The first kappa shape index (κ1) is 17.6. The number of fused-ring (bicyclic) bond motifs is 1. The van der Waals surface area contributed by atoms with Crippen LogP contribution in [0.2, 0.25) is 0 Å². The van der Waals surface area contributed by atoms with Gasteiger partial charge in [0.25, 0.3) is 0 Å².